The lowest BCUT2D eigenvalue weighted by molar-refractivity contribution is -0.126. The van der Waals surface area contributed by atoms with E-state index in [1.165, 1.54) is 11.3 Å². The lowest BCUT2D eigenvalue weighted by Crippen LogP contribution is -2.49. The van der Waals surface area contributed by atoms with Gasteiger partial charge in [-0.15, -0.1) is 11.6 Å². The number of anilines is 1. The largest absolute Gasteiger partial charge is 0.351 e. The number of carbonyl (C=O) groups is 2. The molecule has 3 rings (SSSR count). The number of carbonyl (C=O) groups excluding carboxylic acids is 2. The Morgan fingerprint density at radius 3 is 2.42 bits per heavy atom. The minimum absolute atomic E-state index is 0.0552. The van der Waals surface area contributed by atoms with Crippen LogP contribution in [0.3, 0.4) is 0 Å². The third-order valence-electron chi connectivity index (χ3n) is 6.03. The quantitative estimate of drug-likeness (QED) is 0.491. The maximum absolute atomic E-state index is 13.7. The summed E-state index contributed by atoms with van der Waals surface area (Å²) in [4.78, 5) is 28.2. The maximum Gasteiger partial charge on any atom is 0.248 e. The average Bonchev–Trinajstić information content (AvgIpc) is 2.76. The van der Waals surface area contributed by atoms with Gasteiger partial charge in [-0.2, -0.15) is 0 Å². The highest BCUT2D eigenvalue weighted by Gasteiger charge is 2.36. The molecule has 2 amide bonds. The van der Waals surface area contributed by atoms with Gasteiger partial charge in [0.2, 0.25) is 11.8 Å². The summed E-state index contributed by atoms with van der Waals surface area (Å²) < 4.78 is 0. The van der Waals surface area contributed by atoms with Crippen LogP contribution >= 0.6 is 34.8 Å². The van der Waals surface area contributed by atoms with Crippen LogP contribution in [0.1, 0.15) is 49.8 Å². The molecule has 0 bridgehead atoms. The molecular weight excluding hydrogens is 455 g/mol. The van der Waals surface area contributed by atoms with E-state index in [1.54, 1.807) is 42.5 Å². The second-order valence-electron chi connectivity index (χ2n) is 8.08. The minimum Gasteiger partial charge on any atom is -0.351 e. The zero-order valence-corrected chi connectivity index (χ0v) is 20.0. The van der Waals surface area contributed by atoms with E-state index >= 15 is 0 Å². The van der Waals surface area contributed by atoms with Crippen molar-refractivity contribution in [1.29, 1.82) is 0 Å². The second kappa shape index (κ2) is 10.7. The number of rotatable bonds is 6. The first-order valence-electron chi connectivity index (χ1n) is 10.5. The van der Waals surface area contributed by atoms with Gasteiger partial charge in [0.15, 0.2) is 0 Å². The summed E-state index contributed by atoms with van der Waals surface area (Å²) in [6.45, 7) is 3.97. The van der Waals surface area contributed by atoms with Gasteiger partial charge in [-0.1, -0.05) is 67.2 Å². The third kappa shape index (κ3) is 5.36. The highest BCUT2D eigenvalue weighted by Crippen LogP contribution is 2.36. The first-order chi connectivity index (χ1) is 14.8. The summed E-state index contributed by atoms with van der Waals surface area (Å²) in [5, 5.41) is 4.10. The molecule has 0 aliphatic heterocycles. The highest BCUT2D eigenvalue weighted by atomic mass is 35.5. The van der Waals surface area contributed by atoms with Crippen LogP contribution in [0.5, 0.6) is 0 Å². The summed E-state index contributed by atoms with van der Waals surface area (Å²) in [6.07, 6.45) is 4.23. The van der Waals surface area contributed by atoms with Crippen LogP contribution in [0.15, 0.2) is 42.5 Å². The Bertz CT molecular complexity index is 950. The molecule has 1 aliphatic carbocycles. The fourth-order valence-electron chi connectivity index (χ4n) is 4.23. The number of nitrogens with zero attached hydrogens (tertiary/aromatic N) is 1. The van der Waals surface area contributed by atoms with E-state index in [4.69, 9.17) is 34.8 Å². The number of amides is 2. The topological polar surface area (TPSA) is 49.4 Å². The molecule has 1 saturated carbocycles. The number of benzene rings is 2. The summed E-state index contributed by atoms with van der Waals surface area (Å²) in [6, 6.07) is 11.4. The van der Waals surface area contributed by atoms with E-state index in [2.05, 4.69) is 12.2 Å². The Hall–Kier alpha value is -1.75. The molecule has 0 heterocycles. The van der Waals surface area contributed by atoms with Crippen LogP contribution in [-0.4, -0.2) is 23.7 Å². The molecule has 0 saturated heterocycles. The molecule has 166 valence electrons. The molecule has 2 aromatic carbocycles. The normalized spacial score (nSPS) is 19.5. The van der Waals surface area contributed by atoms with Crippen molar-refractivity contribution in [3.63, 3.8) is 0 Å². The van der Waals surface area contributed by atoms with Crippen molar-refractivity contribution in [3.05, 3.63) is 63.6 Å². The van der Waals surface area contributed by atoms with Gasteiger partial charge in [-0.3, -0.25) is 14.5 Å². The van der Waals surface area contributed by atoms with E-state index < -0.39 is 11.9 Å². The molecule has 3 atom stereocenters. The van der Waals surface area contributed by atoms with Crippen molar-refractivity contribution in [2.24, 2.45) is 5.92 Å². The predicted molar refractivity (Wildman–Crippen MR) is 128 cm³/mol. The fourth-order valence-corrected chi connectivity index (χ4v) is 4.76. The van der Waals surface area contributed by atoms with Gasteiger partial charge >= 0.3 is 0 Å². The van der Waals surface area contributed by atoms with Crippen molar-refractivity contribution < 1.29 is 9.59 Å². The molecule has 7 heteroatoms. The lowest BCUT2D eigenvalue weighted by Gasteiger charge is -2.36. The zero-order chi connectivity index (χ0) is 22.5. The molecule has 1 aliphatic rings. The number of nitrogens with one attached hydrogen (secondary N) is 1. The highest BCUT2D eigenvalue weighted by molar-refractivity contribution is 6.33. The van der Waals surface area contributed by atoms with Gasteiger partial charge in [0.1, 0.15) is 11.9 Å². The van der Waals surface area contributed by atoms with Crippen molar-refractivity contribution in [1.82, 2.24) is 5.32 Å². The number of halogens is 3. The molecule has 2 aromatic rings. The number of hydrogen-bond acceptors (Lipinski definition) is 2. The van der Waals surface area contributed by atoms with Gasteiger partial charge < -0.3 is 5.32 Å². The van der Waals surface area contributed by atoms with Gasteiger partial charge in [0, 0.05) is 27.3 Å². The molecule has 0 aromatic heterocycles. The zero-order valence-electron chi connectivity index (χ0n) is 17.7. The van der Waals surface area contributed by atoms with E-state index in [0.717, 1.165) is 19.3 Å². The molecule has 0 spiro atoms. The Kier molecular flexibility index (Phi) is 8.26. The molecule has 1 fully saturated rings. The van der Waals surface area contributed by atoms with Crippen LogP contribution in [-0.2, 0) is 9.59 Å². The first kappa shape index (κ1) is 23.9. The smallest absolute Gasteiger partial charge is 0.248 e. The lowest BCUT2D eigenvalue weighted by atomic mass is 9.85. The van der Waals surface area contributed by atoms with Crippen molar-refractivity contribution >= 4 is 52.3 Å². The summed E-state index contributed by atoms with van der Waals surface area (Å²) in [7, 11) is 0. The van der Waals surface area contributed by atoms with Crippen LogP contribution in [0, 0.1) is 12.8 Å². The first-order valence-corrected chi connectivity index (χ1v) is 11.8. The second-order valence-corrected chi connectivity index (χ2v) is 9.16. The maximum atomic E-state index is 13.7. The molecule has 1 N–H and O–H groups in total. The summed E-state index contributed by atoms with van der Waals surface area (Å²) in [5.41, 5.74) is 1.77. The van der Waals surface area contributed by atoms with Crippen LogP contribution < -0.4 is 10.2 Å². The van der Waals surface area contributed by atoms with E-state index in [0.29, 0.717) is 32.8 Å². The standard InChI is InChI=1S/C24H27Cl3N2O2/c1-15-8-3-6-12-20(15)28-24(31)23(17-9-4-5-10-19(17)27)29(22(30)14-25)21-13-7-11-18(26)16(21)2/h4-5,7,9-11,13,15,20,23H,3,6,8,12,14H2,1-2H3,(H,28,31)/t15-,20-,23+/m1/s1. The van der Waals surface area contributed by atoms with Gasteiger partial charge in [-0.05, 0) is 49.4 Å². The van der Waals surface area contributed by atoms with Crippen LogP contribution in [0.2, 0.25) is 10.0 Å². The van der Waals surface area contributed by atoms with Gasteiger partial charge in [-0.25, -0.2) is 0 Å². The van der Waals surface area contributed by atoms with Crippen LogP contribution in [0.4, 0.5) is 5.69 Å². The predicted octanol–water partition coefficient (Wildman–Crippen LogP) is 6.31. The molecule has 0 unspecified atom stereocenters. The van der Waals surface area contributed by atoms with E-state index in [1.807, 2.05) is 6.92 Å². The molecular formula is C24H27Cl3N2O2. The number of alkyl halides is 1. The molecule has 4 nitrogen and oxygen atoms in total. The summed E-state index contributed by atoms with van der Waals surface area (Å²) in [5.74, 6) is -0.580. The van der Waals surface area contributed by atoms with E-state index in [9.17, 15) is 9.59 Å². The molecule has 0 radical (unpaired) electrons. The third-order valence-corrected chi connectivity index (χ3v) is 7.01. The molecule has 31 heavy (non-hydrogen) atoms. The monoisotopic (exact) mass is 480 g/mol. The van der Waals surface area contributed by atoms with Crippen LogP contribution in [0.25, 0.3) is 0 Å². The SMILES string of the molecule is Cc1c(Cl)cccc1N(C(=O)CCl)[C@H](C(=O)N[C@@H]1CCCC[C@H]1C)c1ccccc1Cl. The van der Waals surface area contributed by atoms with Gasteiger partial charge in [0.05, 0.1) is 0 Å². The minimum atomic E-state index is -0.966. The average molecular weight is 482 g/mol. The fraction of sp³-hybridized carbons (Fsp3) is 0.417. The van der Waals surface area contributed by atoms with Crippen molar-refractivity contribution in [2.45, 2.75) is 51.6 Å². The Balaban J connectivity index is 2.10. The van der Waals surface area contributed by atoms with Crippen molar-refractivity contribution in [2.75, 3.05) is 10.8 Å². The van der Waals surface area contributed by atoms with Crippen molar-refractivity contribution in [3.8, 4) is 0 Å². The summed E-state index contributed by atoms with van der Waals surface area (Å²) >= 11 is 18.8. The number of hydrogen-bond donors (Lipinski definition) is 1. The van der Waals surface area contributed by atoms with Gasteiger partial charge in [0.25, 0.3) is 0 Å². The Morgan fingerprint density at radius 2 is 1.74 bits per heavy atom. The Morgan fingerprint density at radius 1 is 1.06 bits per heavy atom. The van der Waals surface area contributed by atoms with E-state index in [-0.39, 0.29) is 17.8 Å². The Labute approximate surface area is 198 Å².